The zero-order valence-electron chi connectivity index (χ0n) is 10.8. The lowest BCUT2D eigenvalue weighted by atomic mass is 10.2. The highest BCUT2D eigenvalue weighted by Crippen LogP contribution is 2.34. The molecule has 1 atom stereocenters. The Balaban J connectivity index is 1.99. The standard InChI is InChI=1S/C14H12BrN3O2/c1-9-14(19)18(8-10-3-2-4-16-6-10)13-12(20-9)5-11(15)7-17-13/h2-7,9H,8H2,1H3. The van der Waals surface area contributed by atoms with E-state index in [1.54, 1.807) is 30.4 Å². The van der Waals surface area contributed by atoms with Crippen LogP contribution < -0.4 is 9.64 Å². The van der Waals surface area contributed by atoms with Gasteiger partial charge in [-0.15, -0.1) is 0 Å². The number of anilines is 1. The van der Waals surface area contributed by atoms with Gasteiger partial charge in [0.05, 0.1) is 6.54 Å². The van der Waals surface area contributed by atoms with Gasteiger partial charge in [0.15, 0.2) is 17.7 Å². The average Bonchev–Trinajstić information content (AvgIpc) is 2.45. The quantitative estimate of drug-likeness (QED) is 0.847. The second kappa shape index (κ2) is 5.20. The van der Waals surface area contributed by atoms with Crippen LogP contribution in [0.3, 0.4) is 0 Å². The normalized spacial score (nSPS) is 17.6. The number of carbonyl (C=O) groups excluding carboxylic acids is 1. The summed E-state index contributed by atoms with van der Waals surface area (Å²) in [4.78, 5) is 22.3. The van der Waals surface area contributed by atoms with Crippen LogP contribution in [-0.4, -0.2) is 22.0 Å². The summed E-state index contributed by atoms with van der Waals surface area (Å²) in [5.74, 6) is 1.05. The van der Waals surface area contributed by atoms with Gasteiger partial charge in [-0.3, -0.25) is 14.7 Å². The minimum absolute atomic E-state index is 0.101. The van der Waals surface area contributed by atoms with E-state index in [0.717, 1.165) is 10.0 Å². The van der Waals surface area contributed by atoms with E-state index in [2.05, 4.69) is 25.9 Å². The Morgan fingerprint density at radius 1 is 1.45 bits per heavy atom. The summed E-state index contributed by atoms with van der Waals surface area (Å²) in [6.45, 7) is 2.17. The number of pyridine rings is 2. The predicted molar refractivity (Wildman–Crippen MR) is 77.5 cm³/mol. The Labute approximate surface area is 124 Å². The number of hydrogen-bond acceptors (Lipinski definition) is 4. The Morgan fingerprint density at radius 2 is 2.30 bits per heavy atom. The molecule has 2 aromatic rings. The predicted octanol–water partition coefficient (Wildman–Crippen LogP) is 2.55. The monoisotopic (exact) mass is 333 g/mol. The lowest BCUT2D eigenvalue weighted by Crippen LogP contribution is -2.44. The van der Waals surface area contributed by atoms with Gasteiger partial charge >= 0.3 is 0 Å². The number of halogens is 1. The Bertz CT molecular complexity index is 648. The van der Waals surface area contributed by atoms with Crippen molar-refractivity contribution in [3.63, 3.8) is 0 Å². The number of hydrogen-bond donors (Lipinski definition) is 0. The van der Waals surface area contributed by atoms with Crippen molar-refractivity contribution < 1.29 is 9.53 Å². The molecule has 0 aliphatic carbocycles. The first-order chi connectivity index (χ1) is 9.65. The van der Waals surface area contributed by atoms with Crippen molar-refractivity contribution in [3.05, 3.63) is 46.8 Å². The number of aromatic nitrogens is 2. The molecule has 102 valence electrons. The maximum Gasteiger partial charge on any atom is 0.269 e. The summed E-state index contributed by atoms with van der Waals surface area (Å²) >= 11 is 3.36. The fourth-order valence-corrected chi connectivity index (χ4v) is 2.40. The average molecular weight is 334 g/mol. The van der Waals surface area contributed by atoms with E-state index in [1.807, 2.05) is 18.2 Å². The van der Waals surface area contributed by atoms with Crippen LogP contribution in [-0.2, 0) is 11.3 Å². The van der Waals surface area contributed by atoms with Gasteiger partial charge in [-0.05, 0) is 40.5 Å². The number of ether oxygens (including phenoxy) is 1. The number of fused-ring (bicyclic) bond motifs is 1. The van der Waals surface area contributed by atoms with E-state index in [-0.39, 0.29) is 5.91 Å². The van der Waals surface area contributed by atoms with Gasteiger partial charge in [0.25, 0.3) is 5.91 Å². The summed E-state index contributed by atoms with van der Waals surface area (Å²) in [6.07, 6.45) is 4.58. The third-order valence-electron chi connectivity index (χ3n) is 3.04. The van der Waals surface area contributed by atoms with Crippen molar-refractivity contribution >= 4 is 27.7 Å². The van der Waals surface area contributed by atoms with Gasteiger partial charge in [0, 0.05) is 23.1 Å². The number of amides is 1. The summed E-state index contributed by atoms with van der Waals surface area (Å²) in [7, 11) is 0. The fraction of sp³-hybridized carbons (Fsp3) is 0.214. The molecule has 0 fully saturated rings. The van der Waals surface area contributed by atoms with Gasteiger partial charge in [-0.1, -0.05) is 6.07 Å². The molecular weight excluding hydrogens is 322 g/mol. The van der Waals surface area contributed by atoms with E-state index >= 15 is 0 Å². The van der Waals surface area contributed by atoms with Crippen LogP contribution in [0.5, 0.6) is 5.75 Å². The molecule has 1 amide bonds. The van der Waals surface area contributed by atoms with Crippen LogP contribution in [0.25, 0.3) is 0 Å². The van der Waals surface area contributed by atoms with Gasteiger partial charge in [-0.2, -0.15) is 0 Å². The highest BCUT2D eigenvalue weighted by molar-refractivity contribution is 9.10. The molecule has 0 saturated heterocycles. The third-order valence-corrected chi connectivity index (χ3v) is 3.47. The number of rotatable bonds is 2. The van der Waals surface area contributed by atoms with Crippen LogP contribution in [0.15, 0.2) is 41.3 Å². The summed E-state index contributed by atoms with van der Waals surface area (Å²) in [5.41, 5.74) is 0.950. The maximum atomic E-state index is 12.3. The van der Waals surface area contributed by atoms with E-state index in [4.69, 9.17) is 4.74 Å². The molecule has 6 heteroatoms. The van der Waals surface area contributed by atoms with Gasteiger partial charge < -0.3 is 4.74 Å². The topological polar surface area (TPSA) is 55.3 Å². The van der Waals surface area contributed by atoms with Crippen LogP contribution in [0, 0.1) is 0 Å². The molecule has 3 rings (SSSR count). The van der Waals surface area contributed by atoms with Crippen molar-refractivity contribution in [2.45, 2.75) is 19.6 Å². The molecule has 2 aromatic heterocycles. The fourth-order valence-electron chi connectivity index (χ4n) is 2.09. The lowest BCUT2D eigenvalue weighted by molar-refractivity contribution is -0.125. The van der Waals surface area contributed by atoms with E-state index in [9.17, 15) is 4.79 Å². The molecular formula is C14H12BrN3O2. The lowest BCUT2D eigenvalue weighted by Gasteiger charge is -2.31. The minimum atomic E-state index is -0.518. The van der Waals surface area contributed by atoms with E-state index < -0.39 is 6.10 Å². The molecule has 3 heterocycles. The highest BCUT2D eigenvalue weighted by atomic mass is 79.9. The van der Waals surface area contributed by atoms with Gasteiger partial charge in [0.1, 0.15) is 0 Å². The molecule has 5 nitrogen and oxygen atoms in total. The molecule has 20 heavy (non-hydrogen) atoms. The molecule has 1 aliphatic rings. The second-order valence-electron chi connectivity index (χ2n) is 4.52. The molecule has 0 saturated carbocycles. The molecule has 0 radical (unpaired) electrons. The number of nitrogens with zero attached hydrogens (tertiary/aromatic N) is 3. The summed E-state index contributed by atoms with van der Waals surface area (Å²) in [6, 6.07) is 5.60. The maximum absolute atomic E-state index is 12.3. The molecule has 0 aromatic carbocycles. The van der Waals surface area contributed by atoms with E-state index in [0.29, 0.717) is 18.1 Å². The zero-order valence-corrected chi connectivity index (χ0v) is 12.4. The Morgan fingerprint density at radius 3 is 3.05 bits per heavy atom. The Hall–Kier alpha value is -1.95. The van der Waals surface area contributed by atoms with Crippen molar-refractivity contribution in [2.24, 2.45) is 0 Å². The first-order valence-electron chi connectivity index (χ1n) is 6.17. The van der Waals surface area contributed by atoms with Crippen molar-refractivity contribution in [2.75, 3.05) is 4.90 Å². The first kappa shape index (κ1) is 13.1. The molecule has 0 N–H and O–H groups in total. The van der Waals surface area contributed by atoms with Crippen LogP contribution >= 0.6 is 15.9 Å². The van der Waals surface area contributed by atoms with Crippen LogP contribution in [0.4, 0.5) is 5.82 Å². The smallest absolute Gasteiger partial charge is 0.269 e. The molecule has 1 unspecified atom stereocenters. The SMILES string of the molecule is CC1Oc2cc(Br)cnc2N(Cc2cccnc2)C1=O. The van der Waals surface area contributed by atoms with Crippen LogP contribution in [0.2, 0.25) is 0 Å². The zero-order chi connectivity index (χ0) is 14.1. The third kappa shape index (κ3) is 2.38. The Kier molecular flexibility index (Phi) is 3.40. The highest BCUT2D eigenvalue weighted by Gasteiger charge is 2.32. The summed E-state index contributed by atoms with van der Waals surface area (Å²) < 4.78 is 6.41. The largest absolute Gasteiger partial charge is 0.477 e. The van der Waals surface area contributed by atoms with Crippen molar-refractivity contribution in [3.8, 4) is 5.75 Å². The second-order valence-corrected chi connectivity index (χ2v) is 5.44. The van der Waals surface area contributed by atoms with Gasteiger partial charge in [-0.25, -0.2) is 4.98 Å². The molecule has 0 bridgehead atoms. The first-order valence-corrected chi connectivity index (χ1v) is 6.97. The van der Waals surface area contributed by atoms with E-state index in [1.165, 1.54) is 0 Å². The summed E-state index contributed by atoms with van der Waals surface area (Å²) in [5, 5.41) is 0. The molecule has 1 aliphatic heterocycles. The number of carbonyl (C=O) groups is 1. The molecule has 0 spiro atoms. The van der Waals surface area contributed by atoms with Crippen LogP contribution in [0.1, 0.15) is 12.5 Å². The van der Waals surface area contributed by atoms with Crippen molar-refractivity contribution in [1.29, 1.82) is 0 Å². The van der Waals surface area contributed by atoms with Gasteiger partial charge in [0.2, 0.25) is 0 Å². The van der Waals surface area contributed by atoms with Crippen molar-refractivity contribution in [1.82, 2.24) is 9.97 Å². The minimum Gasteiger partial charge on any atom is -0.477 e.